The SMILES string of the molecule is CC(C)(CC(=O)NCc1ccc([N+](=O)[O-])cc1)C(=O)O. The Kier molecular flexibility index (Phi) is 4.79. The fourth-order valence-corrected chi connectivity index (χ4v) is 1.48. The third kappa shape index (κ3) is 4.34. The second-order valence-electron chi connectivity index (χ2n) is 5.07. The first-order valence-electron chi connectivity index (χ1n) is 5.96. The predicted octanol–water partition coefficient (Wildman–Crippen LogP) is 1.71. The zero-order valence-corrected chi connectivity index (χ0v) is 11.3. The highest BCUT2D eigenvalue weighted by molar-refractivity contribution is 5.84. The van der Waals surface area contributed by atoms with Crippen LogP contribution in [0.25, 0.3) is 0 Å². The van der Waals surface area contributed by atoms with Gasteiger partial charge in [-0.15, -0.1) is 0 Å². The van der Waals surface area contributed by atoms with E-state index in [0.717, 1.165) is 0 Å². The predicted molar refractivity (Wildman–Crippen MR) is 71.0 cm³/mol. The lowest BCUT2D eigenvalue weighted by Crippen LogP contribution is -2.33. The molecular formula is C13H16N2O5. The van der Waals surface area contributed by atoms with E-state index in [1.807, 2.05) is 0 Å². The van der Waals surface area contributed by atoms with Gasteiger partial charge < -0.3 is 10.4 Å². The van der Waals surface area contributed by atoms with E-state index in [-0.39, 0.29) is 24.6 Å². The van der Waals surface area contributed by atoms with E-state index >= 15 is 0 Å². The minimum atomic E-state index is -1.13. The first-order valence-corrected chi connectivity index (χ1v) is 5.96. The van der Waals surface area contributed by atoms with Crippen molar-refractivity contribution in [3.05, 3.63) is 39.9 Å². The molecule has 7 heteroatoms. The van der Waals surface area contributed by atoms with Crippen LogP contribution in [-0.2, 0) is 16.1 Å². The summed E-state index contributed by atoms with van der Waals surface area (Å²) >= 11 is 0. The van der Waals surface area contributed by atoms with E-state index in [1.165, 1.54) is 26.0 Å². The van der Waals surface area contributed by atoms with Crippen molar-refractivity contribution in [3.8, 4) is 0 Å². The number of nitrogens with zero attached hydrogens (tertiary/aromatic N) is 1. The van der Waals surface area contributed by atoms with Crippen LogP contribution in [0.2, 0.25) is 0 Å². The van der Waals surface area contributed by atoms with Gasteiger partial charge in [-0.25, -0.2) is 0 Å². The Morgan fingerprint density at radius 1 is 1.30 bits per heavy atom. The zero-order chi connectivity index (χ0) is 15.3. The van der Waals surface area contributed by atoms with Crippen LogP contribution in [0.3, 0.4) is 0 Å². The molecule has 0 atom stereocenters. The maximum absolute atomic E-state index is 11.6. The normalized spacial score (nSPS) is 10.9. The van der Waals surface area contributed by atoms with Crippen LogP contribution in [-0.4, -0.2) is 21.9 Å². The number of carbonyl (C=O) groups excluding carboxylic acids is 1. The lowest BCUT2D eigenvalue weighted by molar-refractivity contribution is -0.384. The smallest absolute Gasteiger partial charge is 0.309 e. The number of nitro benzene ring substituents is 1. The van der Waals surface area contributed by atoms with Gasteiger partial charge in [0, 0.05) is 25.1 Å². The number of carbonyl (C=O) groups is 2. The summed E-state index contributed by atoms with van der Waals surface area (Å²) in [6.07, 6.45) is -0.130. The van der Waals surface area contributed by atoms with E-state index < -0.39 is 16.3 Å². The molecule has 0 heterocycles. The molecule has 7 nitrogen and oxygen atoms in total. The van der Waals surface area contributed by atoms with Crippen molar-refractivity contribution in [2.24, 2.45) is 5.41 Å². The molecule has 0 spiro atoms. The van der Waals surface area contributed by atoms with Gasteiger partial charge in [0.25, 0.3) is 5.69 Å². The standard InChI is InChI=1S/C13H16N2O5/c1-13(2,12(17)18)7-11(16)14-8-9-3-5-10(6-4-9)15(19)20/h3-6H,7-8H2,1-2H3,(H,14,16)(H,17,18). The summed E-state index contributed by atoms with van der Waals surface area (Å²) in [6.45, 7) is 3.15. The third-order valence-corrected chi connectivity index (χ3v) is 2.82. The molecule has 0 saturated carbocycles. The minimum absolute atomic E-state index is 0.0212. The summed E-state index contributed by atoms with van der Waals surface area (Å²) in [4.78, 5) is 32.5. The Morgan fingerprint density at radius 2 is 1.85 bits per heavy atom. The molecule has 0 unspecified atom stereocenters. The second kappa shape index (κ2) is 6.14. The van der Waals surface area contributed by atoms with Gasteiger partial charge in [-0.3, -0.25) is 19.7 Å². The molecule has 1 aromatic carbocycles. The van der Waals surface area contributed by atoms with Crippen LogP contribution >= 0.6 is 0 Å². The van der Waals surface area contributed by atoms with Crippen LogP contribution < -0.4 is 5.32 Å². The molecule has 0 fully saturated rings. The van der Waals surface area contributed by atoms with Crippen molar-refractivity contribution in [1.82, 2.24) is 5.32 Å². The lowest BCUT2D eigenvalue weighted by atomic mass is 9.89. The molecule has 0 bridgehead atoms. The van der Waals surface area contributed by atoms with Crippen LogP contribution in [0.5, 0.6) is 0 Å². The Labute approximate surface area is 115 Å². The number of hydrogen-bond donors (Lipinski definition) is 2. The molecule has 2 N–H and O–H groups in total. The van der Waals surface area contributed by atoms with Crippen LogP contribution in [0.1, 0.15) is 25.8 Å². The molecule has 0 aliphatic carbocycles. The molecule has 108 valence electrons. The average Bonchev–Trinajstić information content (AvgIpc) is 2.36. The highest BCUT2D eigenvalue weighted by Crippen LogP contribution is 2.20. The molecule has 1 rings (SSSR count). The van der Waals surface area contributed by atoms with Gasteiger partial charge in [-0.05, 0) is 19.4 Å². The number of non-ortho nitro benzene ring substituents is 1. The first kappa shape index (κ1) is 15.6. The van der Waals surface area contributed by atoms with Gasteiger partial charge in [0.1, 0.15) is 0 Å². The number of nitrogens with one attached hydrogen (secondary N) is 1. The lowest BCUT2D eigenvalue weighted by Gasteiger charge is -2.18. The summed E-state index contributed by atoms with van der Waals surface area (Å²) in [6, 6.07) is 5.78. The molecule has 0 saturated heterocycles. The fourth-order valence-electron chi connectivity index (χ4n) is 1.48. The van der Waals surface area contributed by atoms with E-state index in [1.54, 1.807) is 12.1 Å². The van der Waals surface area contributed by atoms with Crippen LogP contribution in [0.15, 0.2) is 24.3 Å². The molecule has 0 aromatic heterocycles. The molecule has 0 radical (unpaired) electrons. The largest absolute Gasteiger partial charge is 0.481 e. The zero-order valence-electron chi connectivity index (χ0n) is 11.3. The maximum Gasteiger partial charge on any atom is 0.309 e. The molecule has 0 aliphatic heterocycles. The quantitative estimate of drug-likeness (QED) is 0.609. The number of rotatable bonds is 6. The topological polar surface area (TPSA) is 110 Å². The van der Waals surface area contributed by atoms with Crippen molar-refractivity contribution in [2.75, 3.05) is 0 Å². The highest BCUT2D eigenvalue weighted by atomic mass is 16.6. The molecular weight excluding hydrogens is 264 g/mol. The number of carboxylic acids is 1. The number of amides is 1. The minimum Gasteiger partial charge on any atom is -0.481 e. The molecule has 0 aliphatic rings. The van der Waals surface area contributed by atoms with Gasteiger partial charge in [-0.2, -0.15) is 0 Å². The van der Waals surface area contributed by atoms with Crippen molar-refractivity contribution in [1.29, 1.82) is 0 Å². The Morgan fingerprint density at radius 3 is 2.30 bits per heavy atom. The van der Waals surface area contributed by atoms with E-state index in [9.17, 15) is 19.7 Å². The van der Waals surface area contributed by atoms with Gasteiger partial charge >= 0.3 is 5.97 Å². The Bertz CT molecular complexity index is 522. The van der Waals surface area contributed by atoms with Gasteiger partial charge in [0.15, 0.2) is 0 Å². The first-order chi connectivity index (χ1) is 9.22. The van der Waals surface area contributed by atoms with E-state index in [2.05, 4.69) is 5.32 Å². The van der Waals surface area contributed by atoms with Crippen LogP contribution in [0, 0.1) is 15.5 Å². The molecule has 1 amide bonds. The fraction of sp³-hybridized carbons (Fsp3) is 0.385. The summed E-state index contributed by atoms with van der Waals surface area (Å²) in [5.41, 5.74) is -0.441. The van der Waals surface area contributed by atoms with Gasteiger partial charge in [-0.1, -0.05) is 12.1 Å². The summed E-state index contributed by atoms with van der Waals surface area (Å²) in [5, 5.41) is 22.0. The number of carboxylic acid groups (broad SMARTS) is 1. The van der Waals surface area contributed by atoms with Crippen molar-refractivity contribution < 1.29 is 19.6 Å². The molecule has 1 aromatic rings. The van der Waals surface area contributed by atoms with Gasteiger partial charge in [0.2, 0.25) is 5.91 Å². The Hall–Kier alpha value is -2.44. The van der Waals surface area contributed by atoms with Crippen molar-refractivity contribution in [2.45, 2.75) is 26.8 Å². The summed E-state index contributed by atoms with van der Waals surface area (Å²) in [7, 11) is 0. The Balaban J connectivity index is 2.53. The number of aliphatic carboxylic acids is 1. The number of hydrogen-bond acceptors (Lipinski definition) is 4. The maximum atomic E-state index is 11.6. The van der Waals surface area contributed by atoms with Crippen molar-refractivity contribution in [3.63, 3.8) is 0 Å². The number of nitro groups is 1. The third-order valence-electron chi connectivity index (χ3n) is 2.82. The summed E-state index contributed by atoms with van der Waals surface area (Å²) in [5.74, 6) is -1.42. The molecule has 20 heavy (non-hydrogen) atoms. The van der Waals surface area contributed by atoms with E-state index in [4.69, 9.17) is 5.11 Å². The van der Waals surface area contributed by atoms with Crippen molar-refractivity contribution >= 4 is 17.6 Å². The summed E-state index contributed by atoms with van der Waals surface area (Å²) < 4.78 is 0. The van der Waals surface area contributed by atoms with Gasteiger partial charge in [0.05, 0.1) is 10.3 Å². The van der Waals surface area contributed by atoms with Crippen LogP contribution in [0.4, 0.5) is 5.69 Å². The number of benzene rings is 1. The second-order valence-corrected chi connectivity index (χ2v) is 5.07. The average molecular weight is 280 g/mol. The highest BCUT2D eigenvalue weighted by Gasteiger charge is 2.29. The van der Waals surface area contributed by atoms with E-state index in [0.29, 0.717) is 5.56 Å². The monoisotopic (exact) mass is 280 g/mol.